The number of likely N-dealkylation sites (tertiary alicyclic amines) is 1. The molecule has 0 spiro atoms. The molecular weight excluding hydrogens is 232 g/mol. The number of ether oxygens (including phenoxy) is 1. The highest BCUT2D eigenvalue weighted by Crippen LogP contribution is 2.16. The van der Waals surface area contributed by atoms with Gasteiger partial charge in [-0.2, -0.15) is 0 Å². The Hall–Kier alpha value is -1.26. The average Bonchev–Trinajstić information content (AvgIpc) is 2.61. The summed E-state index contributed by atoms with van der Waals surface area (Å²) in [7, 11) is 0. The van der Waals surface area contributed by atoms with Crippen LogP contribution in [0.5, 0.6) is 0 Å². The maximum Gasteiger partial charge on any atom is 0.407 e. The predicted octanol–water partition coefficient (Wildman–Crippen LogP) is 1.77. The standard InChI is InChI=1S/C13H24N2O3/c1-9(2)11(16)15-7-6-10(8-15)18-12(17)14-13(3,4)5/h9-10H,6-8H2,1-5H3,(H,14,17)/t10-/m1/s1. The number of nitrogens with one attached hydrogen (secondary N) is 1. The molecule has 1 rings (SSSR count). The van der Waals surface area contributed by atoms with Crippen molar-refractivity contribution < 1.29 is 14.3 Å². The van der Waals surface area contributed by atoms with E-state index in [0.717, 1.165) is 6.42 Å². The second-order valence-electron chi connectivity index (χ2n) is 6.13. The monoisotopic (exact) mass is 256 g/mol. The van der Waals surface area contributed by atoms with Gasteiger partial charge in [-0.05, 0) is 20.8 Å². The van der Waals surface area contributed by atoms with E-state index in [1.807, 2.05) is 34.6 Å². The van der Waals surface area contributed by atoms with Crippen LogP contribution in [0, 0.1) is 5.92 Å². The first-order valence-electron chi connectivity index (χ1n) is 6.46. The van der Waals surface area contributed by atoms with E-state index in [1.54, 1.807) is 4.90 Å². The first-order valence-corrected chi connectivity index (χ1v) is 6.46. The molecule has 1 heterocycles. The number of nitrogens with zero attached hydrogens (tertiary/aromatic N) is 1. The minimum Gasteiger partial charge on any atom is -0.444 e. The Balaban J connectivity index is 2.39. The summed E-state index contributed by atoms with van der Waals surface area (Å²) in [4.78, 5) is 25.1. The van der Waals surface area contributed by atoms with Gasteiger partial charge in [0.2, 0.25) is 5.91 Å². The minimum atomic E-state index is -0.411. The molecule has 2 amide bonds. The number of carbonyl (C=O) groups excluding carboxylic acids is 2. The summed E-state index contributed by atoms with van der Waals surface area (Å²) < 4.78 is 5.30. The van der Waals surface area contributed by atoms with E-state index in [1.165, 1.54) is 0 Å². The van der Waals surface area contributed by atoms with Gasteiger partial charge in [0, 0.05) is 24.4 Å². The normalized spacial score (nSPS) is 20.1. The first-order chi connectivity index (χ1) is 8.19. The second-order valence-corrected chi connectivity index (χ2v) is 6.13. The van der Waals surface area contributed by atoms with E-state index in [4.69, 9.17) is 4.74 Å². The third-order valence-corrected chi connectivity index (χ3v) is 2.70. The number of carbonyl (C=O) groups is 2. The van der Waals surface area contributed by atoms with E-state index in [9.17, 15) is 9.59 Å². The van der Waals surface area contributed by atoms with Gasteiger partial charge in [0.05, 0.1) is 6.54 Å². The Morgan fingerprint density at radius 2 is 1.94 bits per heavy atom. The molecule has 104 valence electrons. The van der Waals surface area contributed by atoms with Crippen molar-refractivity contribution in [2.24, 2.45) is 5.92 Å². The molecule has 0 aromatic rings. The van der Waals surface area contributed by atoms with Crippen molar-refractivity contribution >= 4 is 12.0 Å². The van der Waals surface area contributed by atoms with Crippen LogP contribution in [-0.2, 0) is 9.53 Å². The molecule has 1 atom stereocenters. The summed E-state index contributed by atoms with van der Waals surface area (Å²) in [6.45, 7) is 10.6. The van der Waals surface area contributed by atoms with Gasteiger partial charge in [0.25, 0.3) is 0 Å². The van der Waals surface area contributed by atoms with E-state index in [2.05, 4.69) is 5.32 Å². The summed E-state index contributed by atoms with van der Waals surface area (Å²) in [5.41, 5.74) is -0.302. The summed E-state index contributed by atoms with van der Waals surface area (Å²) in [6.07, 6.45) is 0.122. The molecule has 0 bridgehead atoms. The van der Waals surface area contributed by atoms with Crippen LogP contribution in [0.1, 0.15) is 41.0 Å². The molecule has 1 saturated heterocycles. The fourth-order valence-electron chi connectivity index (χ4n) is 1.88. The molecule has 0 aromatic heterocycles. The predicted molar refractivity (Wildman–Crippen MR) is 69.2 cm³/mol. The Morgan fingerprint density at radius 1 is 1.33 bits per heavy atom. The van der Waals surface area contributed by atoms with Crippen LogP contribution in [-0.4, -0.2) is 41.6 Å². The molecule has 0 saturated carbocycles. The smallest absolute Gasteiger partial charge is 0.407 e. The third kappa shape index (κ3) is 4.55. The molecule has 0 radical (unpaired) electrons. The van der Waals surface area contributed by atoms with Crippen molar-refractivity contribution in [2.75, 3.05) is 13.1 Å². The number of amides is 2. The molecule has 1 fully saturated rings. The average molecular weight is 256 g/mol. The largest absolute Gasteiger partial charge is 0.444 e. The zero-order valence-electron chi connectivity index (χ0n) is 11.9. The lowest BCUT2D eigenvalue weighted by Crippen LogP contribution is -2.43. The molecule has 1 N–H and O–H groups in total. The molecule has 5 nitrogen and oxygen atoms in total. The van der Waals surface area contributed by atoms with Gasteiger partial charge >= 0.3 is 6.09 Å². The SMILES string of the molecule is CC(C)C(=O)N1CC[C@@H](OC(=O)NC(C)(C)C)C1. The van der Waals surface area contributed by atoms with Gasteiger partial charge in [-0.15, -0.1) is 0 Å². The van der Waals surface area contributed by atoms with Crippen molar-refractivity contribution in [3.8, 4) is 0 Å². The number of hydrogen-bond acceptors (Lipinski definition) is 3. The van der Waals surface area contributed by atoms with Crippen LogP contribution < -0.4 is 5.32 Å². The lowest BCUT2D eigenvalue weighted by molar-refractivity contribution is -0.133. The Bertz CT molecular complexity index is 321. The van der Waals surface area contributed by atoms with Crippen molar-refractivity contribution in [3.63, 3.8) is 0 Å². The zero-order chi connectivity index (χ0) is 13.9. The number of hydrogen-bond donors (Lipinski definition) is 1. The molecule has 0 aliphatic carbocycles. The lowest BCUT2D eigenvalue weighted by atomic mass is 10.1. The van der Waals surface area contributed by atoms with Gasteiger partial charge in [-0.25, -0.2) is 4.79 Å². The quantitative estimate of drug-likeness (QED) is 0.819. The van der Waals surface area contributed by atoms with Crippen LogP contribution in [0.4, 0.5) is 4.79 Å². The van der Waals surface area contributed by atoms with Crippen molar-refractivity contribution in [1.29, 1.82) is 0 Å². The number of alkyl carbamates (subject to hydrolysis) is 1. The highest BCUT2D eigenvalue weighted by Gasteiger charge is 2.30. The van der Waals surface area contributed by atoms with Crippen molar-refractivity contribution in [3.05, 3.63) is 0 Å². The van der Waals surface area contributed by atoms with Crippen molar-refractivity contribution in [1.82, 2.24) is 10.2 Å². The molecule has 1 aliphatic heterocycles. The van der Waals surface area contributed by atoms with Crippen LogP contribution >= 0.6 is 0 Å². The summed E-state index contributed by atoms with van der Waals surface area (Å²) >= 11 is 0. The Morgan fingerprint density at radius 3 is 2.44 bits per heavy atom. The topological polar surface area (TPSA) is 58.6 Å². The van der Waals surface area contributed by atoms with E-state index >= 15 is 0 Å². The highest BCUT2D eigenvalue weighted by atomic mass is 16.6. The van der Waals surface area contributed by atoms with Gasteiger partial charge in [0.1, 0.15) is 6.10 Å². The fraction of sp³-hybridized carbons (Fsp3) is 0.846. The van der Waals surface area contributed by atoms with Gasteiger partial charge in [-0.1, -0.05) is 13.8 Å². The highest BCUT2D eigenvalue weighted by molar-refractivity contribution is 5.78. The van der Waals surface area contributed by atoms with Crippen LogP contribution in [0.3, 0.4) is 0 Å². The van der Waals surface area contributed by atoms with Gasteiger partial charge in [-0.3, -0.25) is 4.79 Å². The Kier molecular flexibility index (Phi) is 4.59. The van der Waals surface area contributed by atoms with E-state index in [-0.39, 0.29) is 23.5 Å². The third-order valence-electron chi connectivity index (χ3n) is 2.70. The summed E-state index contributed by atoms with van der Waals surface area (Å²) in [6, 6.07) is 0. The second kappa shape index (κ2) is 5.59. The van der Waals surface area contributed by atoms with Gasteiger partial charge < -0.3 is 15.0 Å². The van der Waals surface area contributed by atoms with Crippen molar-refractivity contribution in [2.45, 2.75) is 52.7 Å². The van der Waals surface area contributed by atoms with Crippen LogP contribution in [0.2, 0.25) is 0 Å². The number of rotatable bonds is 2. The molecule has 1 aliphatic rings. The lowest BCUT2D eigenvalue weighted by Gasteiger charge is -2.22. The van der Waals surface area contributed by atoms with Gasteiger partial charge in [0.15, 0.2) is 0 Å². The minimum absolute atomic E-state index is 0.00727. The molecule has 0 unspecified atom stereocenters. The summed E-state index contributed by atoms with van der Waals surface area (Å²) in [5, 5.41) is 2.75. The molecule has 5 heteroatoms. The maximum atomic E-state index is 11.8. The first kappa shape index (κ1) is 14.8. The Labute approximate surface area is 109 Å². The molecular formula is C13H24N2O3. The molecule has 0 aromatic carbocycles. The fourth-order valence-corrected chi connectivity index (χ4v) is 1.88. The van der Waals surface area contributed by atoms with Crippen LogP contribution in [0.25, 0.3) is 0 Å². The summed E-state index contributed by atoms with van der Waals surface area (Å²) in [5.74, 6) is 0.115. The van der Waals surface area contributed by atoms with Crippen LogP contribution in [0.15, 0.2) is 0 Å². The zero-order valence-corrected chi connectivity index (χ0v) is 11.9. The molecule has 18 heavy (non-hydrogen) atoms. The maximum absolute atomic E-state index is 11.8. The van der Waals surface area contributed by atoms with E-state index < -0.39 is 6.09 Å². The van der Waals surface area contributed by atoms with E-state index in [0.29, 0.717) is 13.1 Å².